The molecule has 0 saturated heterocycles. The minimum absolute atomic E-state index is 0.180. The highest BCUT2D eigenvalue weighted by atomic mass is 15.1. The lowest BCUT2D eigenvalue weighted by Crippen LogP contribution is -2.27. The topological polar surface area (TPSA) is 16.1 Å². The van der Waals surface area contributed by atoms with Gasteiger partial charge in [0.2, 0.25) is 0 Å². The Balaban J connectivity index is 2.89. The van der Waals surface area contributed by atoms with Crippen LogP contribution in [0.25, 0.3) is 0 Å². The van der Waals surface area contributed by atoms with Crippen LogP contribution in [0.1, 0.15) is 11.6 Å². The minimum atomic E-state index is 0.180. The molecule has 1 rings (SSSR count). The molecular weight excluding hydrogens is 196 g/mol. The molecule has 0 aliphatic heterocycles. The molecule has 2 heteroatoms. The van der Waals surface area contributed by atoms with E-state index in [2.05, 4.69) is 29.6 Å². The zero-order valence-corrected chi connectivity index (χ0v) is 9.55. The van der Waals surface area contributed by atoms with Crippen molar-refractivity contribution in [3.8, 4) is 0 Å². The van der Waals surface area contributed by atoms with Crippen LogP contribution in [0.5, 0.6) is 0 Å². The van der Waals surface area contributed by atoms with Gasteiger partial charge in [0.15, 0.2) is 0 Å². The molecule has 0 aromatic carbocycles. The zero-order valence-electron chi connectivity index (χ0n) is 9.55. The van der Waals surface area contributed by atoms with E-state index < -0.39 is 0 Å². The molecule has 0 bridgehead atoms. The molecule has 0 fully saturated rings. The van der Waals surface area contributed by atoms with E-state index in [1.165, 1.54) is 5.56 Å². The van der Waals surface area contributed by atoms with Crippen molar-refractivity contribution >= 4 is 0 Å². The lowest BCUT2D eigenvalue weighted by molar-refractivity contribution is 0.285. The Morgan fingerprint density at radius 1 is 1.12 bits per heavy atom. The lowest BCUT2D eigenvalue weighted by atomic mass is 10.1. The van der Waals surface area contributed by atoms with Crippen LogP contribution in [0.15, 0.2) is 62.5 Å². The molecule has 1 aromatic rings. The third-order valence-corrected chi connectivity index (χ3v) is 2.39. The fourth-order valence-electron chi connectivity index (χ4n) is 1.69. The van der Waals surface area contributed by atoms with E-state index in [4.69, 9.17) is 0 Å². The molecule has 1 unspecified atom stereocenters. The van der Waals surface area contributed by atoms with Crippen LogP contribution in [0.3, 0.4) is 0 Å². The Bertz CT molecular complexity index is 333. The average molecular weight is 214 g/mol. The van der Waals surface area contributed by atoms with Gasteiger partial charge in [-0.25, -0.2) is 0 Å². The van der Waals surface area contributed by atoms with Crippen LogP contribution in [0.4, 0.5) is 0 Å². The molecule has 16 heavy (non-hydrogen) atoms. The second-order valence-electron chi connectivity index (χ2n) is 3.49. The summed E-state index contributed by atoms with van der Waals surface area (Å²) in [6, 6.07) is 4.19. The van der Waals surface area contributed by atoms with Gasteiger partial charge in [0.25, 0.3) is 0 Å². The molecule has 0 spiro atoms. The van der Waals surface area contributed by atoms with Gasteiger partial charge in [-0.1, -0.05) is 18.2 Å². The van der Waals surface area contributed by atoms with Gasteiger partial charge >= 0.3 is 0 Å². The number of rotatable bonds is 7. The van der Waals surface area contributed by atoms with Gasteiger partial charge in [0.05, 0.1) is 6.04 Å². The van der Waals surface area contributed by atoms with Crippen molar-refractivity contribution in [2.45, 2.75) is 6.04 Å². The summed E-state index contributed by atoms with van der Waals surface area (Å²) < 4.78 is 0. The Morgan fingerprint density at radius 3 is 2.12 bits per heavy atom. The van der Waals surface area contributed by atoms with Crippen LogP contribution in [0.2, 0.25) is 0 Å². The maximum absolute atomic E-state index is 4.02. The number of pyridine rings is 1. The largest absolute Gasteiger partial charge is 0.286 e. The molecule has 0 saturated carbocycles. The molecule has 1 heterocycles. The Kier molecular flexibility index (Phi) is 5.23. The first-order chi connectivity index (χ1) is 7.83. The van der Waals surface area contributed by atoms with E-state index in [0.29, 0.717) is 0 Å². The van der Waals surface area contributed by atoms with Gasteiger partial charge < -0.3 is 0 Å². The van der Waals surface area contributed by atoms with E-state index >= 15 is 0 Å². The predicted octanol–water partition coefficient (Wildman–Crippen LogP) is 2.98. The molecule has 0 amide bonds. The highest BCUT2D eigenvalue weighted by Gasteiger charge is 2.14. The molecule has 2 nitrogen and oxygen atoms in total. The number of aromatic nitrogens is 1. The van der Waals surface area contributed by atoms with Crippen LogP contribution >= 0.6 is 0 Å². The van der Waals surface area contributed by atoms with E-state index in [1.54, 1.807) is 12.4 Å². The molecule has 84 valence electrons. The molecular formula is C14H18N2. The predicted molar refractivity (Wildman–Crippen MR) is 69.1 cm³/mol. The van der Waals surface area contributed by atoms with E-state index in [9.17, 15) is 0 Å². The normalized spacial score (nSPS) is 12.1. The highest BCUT2D eigenvalue weighted by Crippen LogP contribution is 2.20. The average Bonchev–Trinajstić information content (AvgIpc) is 2.32. The van der Waals surface area contributed by atoms with Gasteiger partial charge in [0, 0.05) is 25.5 Å². The van der Waals surface area contributed by atoms with E-state index in [1.807, 2.05) is 30.4 Å². The second kappa shape index (κ2) is 6.75. The van der Waals surface area contributed by atoms with Crippen molar-refractivity contribution in [3.05, 3.63) is 68.1 Å². The van der Waals surface area contributed by atoms with Crippen molar-refractivity contribution < 1.29 is 0 Å². The molecule has 0 aliphatic rings. The van der Waals surface area contributed by atoms with Crippen molar-refractivity contribution in [3.63, 3.8) is 0 Å². The summed E-state index contributed by atoms with van der Waals surface area (Å²) in [5.74, 6) is 0. The van der Waals surface area contributed by atoms with Crippen LogP contribution in [-0.4, -0.2) is 23.0 Å². The number of hydrogen-bond acceptors (Lipinski definition) is 2. The molecule has 0 aliphatic carbocycles. The standard InChI is InChI=1S/C14H18N2/c1-4-11-16(12-5-2)14(6-3)13-7-9-15-10-8-13/h4-10,14H,1-3,11-12H2. The van der Waals surface area contributed by atoms with Crippen molar-refractivity contribution in [1.82, 2.24) is 9.88 Å². The maximum atomic E-state index is 4.02. The Labute approximate surface area is 97.6 Å². The minimum Gasteiger partial charge on any atom is -0.286 e. The summed E-state index contributed by atoms with van der Waals surface area (Å²) in [6.07, 6.45) is 9.31. The zero-order chi connectivity index (χ0) is 11.8. The van der Waals surface area contributed by atoms with Crippen molar-refractivity contribution in [2.24, 2.45) is 0 Å². The summed E-state index contributed by atoms with van der Waals surface area (Å²) in [6.45, 7) is 13.1. The fraction of sp³-hybridized carbons (Fsp3) is 0.214. The quantitative estimate of drug-likeness (QED) is 0.649. The smallest absolute Gasteiger partial charge is 0.0536 e. The first-order valence-corrected chi connectivity index (χ1v) is 5.31. The maximum Gasteiger partial charge on any atom is 0.0536 e. The molecule has 0 N–H and O–H groups in total. The molecule has 0 radical (unpaired) electrons. The Morgan fingerprint density at radius 2 is 1.69 bits per heavy atom. The van der Waals surface area contributed by atoms with Gasteiger partial charge in [0.1, 0.15) is 0 Å². The summed E-state index contributed by atoms with van der Waals surface area (Å²) in [7, 11) is 0. The van der Waals surface area contributed by atoms with Gasteiger partial charge in [-0.05, 0) is 17.7 Å². The SMILES string of the molecule is C=CCN(CC=C)C(C=C)c1ccncc1. The van der Waals surface area contributed by atoms with Gasteiger partial charge in [-0.15, -0.1) is 19.7 Å². The van der Waals surface area contributed by atoms with E-state index in [0.717, 1.165) is 13.1 Å². The highest BCUT2D eigenvalue weighted by molar-refractivity contribution is 5.20. The second-order valence-corrected chi connectivity index (χ2v) is 3.49. The third-order valence-electron chi connectivity index (χ3n) is 2.39. The van der Waals surface area contributed by atoms with Crippen molar-refractivity contribution in [1.29, 1.82) is 0 Å². The monoisotopic (exact) mass is 214 g/mol. The van der Waals surface area contributed by atoms with E-state index in [-0.39, 0.29) is 6.04 Å². The first-order valence-electron chi connectivity index (χ1n) is 5.31. The molecule has 1 atom stereocenters. The summed E-state index contributed by atoms with van der Waals surface area (Å²) in [4.78, 5) is 6.26. The summed E-state index contributed by atoms with van der Waals surface area (Å²) in [5, 5.41) is 0. The van der Waals surface area contributed by atoms with Crippen molar-refractivity contribution in [2.75, 3.05) is 13.1 Å². The number of hydrogen-bond donors (Lipinski definition) is 0. The first kappa shape index (κ1) is 12.4. The number of nitrogens with zero attached hydrogens (tertiary/aromatic N) is 2. The summed E-state index contributed by atoms with van der Waals surface area (Å²) in [5.41, 5.74) is 1.19. The van der Waals surface area contributed by atoms with Crippen LogP contribution in [-0.2, 0) is 0 Å². The van der Waals surface area contributed by atoms with Crippen LogP contribution < -0.4 is 0 Å². The molecule has 1 aromatic heterocycles. The Hall–Kier alpha value is -1.67. The van der Waals surface area contributed by atoms with Crippen LogP contribution in [0, 0.1) is 0 Å². The third kappa shape index (κ3) is 3.17. The van der Waals surface area contributed by atoms with Gasteiger partial charge in [-0.2, -0.15) is 0 Å². The summed E-state index contributed by atoms with van der Waals surface area (Å²) >= 11 is 0. The van der Waals surface area contributed by atoms with Gasteiger partial charge in [-0.3, -0.25) is 9.88 Å². The fourth-order valence-corrected chi connectivity index (χ4v) is 1.69. The lowest BCUT2D eigenvalue weighted by Gasteiger charge is -2.27.